The standard InChI is InChI=1S/C20H24N6O5S/c1-26(2)16-7-3-14(4-8-16)23-24-15-5-10-18(11-6-15)32(30,31)25-19(20(28)29)12-9-17(27)13-22-21/h3-8,10-11,13,19,25H,9,12H2,1-2H3,(H3,21,27,28,29)/p+1. The van der Waals surface area contributed by atoms with Crippen molar-refractivity contribution in [3.63, 3.8) is 0 Å². The first-order chi connectivity index (χ1) is 15.1. The van der Waals surface area contributed by atoms with Gasteiger partial charge >= 0.3 is 12.2 Å². The molecule has 0 bridgehead atoms. The van der Waals surface area contributed by atoms with Crippen molar-refractivity contribution in [1.82, 2.24) is 4.72 Å². The van der Waals surface area contributed by atoms with Gasteiger partial charge in [0.15, 0.2) is 0 Å². The lowest BCUT2D eigenvalue weighted by Crippen LogP contribution is -2.41. The molecule has 0 aliphatic heterocycles. The van der Waals surface area contributed by atoms with Crippen molar-refractivity contribution in [3.8, 4) is 0 Å². The Bertz CT molecular complexity index is 1090. The summed E-state index contributed by atoms with van der Waals surface area (Å²) in [4.78, 5) is 27.4. The molecule has 2 aromatic rings. The SMILES string of the molecule is CN(C)c1ccc(NNc2ccc(S(=O)(=O)NC(CCC(=O)C=[N+]=N)C(=O)O)cc2)cc1. The molecular weight excluding hydrogens is 436 g/mol. The molecule has 2 aromatic carbocycles. The summed E-state index contributed by atoms with van der Waals surface area (Å²) in [6.45, 7) is 0. The average molecular weight is 462 g/mol. The van der Waals surface area contributed by atoms with Crippen molar-refractivity contribution in [2.45, 2.75) is 23.8 Å². The molecule has 0 aromatic heterocycles. The van der Waals surface area contributed by atoms with E-state index in [1.165, 1.54) is 24.3 Å². The van der Waals surface area contributed by atoms with Crippen molar-refractivity contribution in [1.29, 1.82) is 5.53 Å². The van der Waals surface area contributed by atoms with Crippen LogP contribution in [0.25, 0.3) is 0 Å². The highest BCUT2D eigenvalue weighted by molar-refractivity contribution is 7.89. The van der Waals surface area contributed by atoms with Crippen LogP contribution in [0.15, 0.2) is 53.4 Å². The number of carboxylic acid groups (broad SMARTS) is 1. The molecule has 0 fully saturated rings. The van der Waals surface area contributed by atoms with Gasteiger partial charge in [-0.1, -0.05) is 0 Å². The van der Waals surface area contributed by atoms with E-state index in [0.717, 1.165) is 17.6 Å². The number of sulfonamides is 1. The number of hydrogen-bond donors (Lipinski definition) is 5. The molecule has 0 radical (unpaired) electrons. The molecule has 2 rings (SSSR count). The van der Waals surface area contributed by atoms with E-state index in [1.807, 2.05) is 43.3 Å². The van der Waals surface area contributed by atoms with E-state index in [9.17, 15) is 23.1 Å². The maximum absolute atomic E-state index is 12.5. The number of nitrogens with zero attached hydrogens (tertiary/aromatic N) is 2. The number of hydrazine groups is 1. The van der Waals surface area contributed by atoms with Crippen molar-refractivity contribution >= 4 is 45.1 Å². The summed E-state index contributed by atoms with van der Waals surface area (Å²) < 4.78 is 27.2. The number of carbonyl (C=O) groups excluding carboxylic acids is 1. The smallest absolute Gasteiger partial charge is 0.372 e. The van der Waals surface area contributed by atoms with Gasteiger partial charge in [-0.25, -0.2) is 8.42 Å². The molecular formula is C20H25N6O5S+. The van der Waals surface area contributed by atoms with Crippen molar-refractivity contribution in [3.05, 3.63) is 48.5 Å². The Morgan fingerprint density at radius 3 is 2.06 bits per heavy atom. The van der Waals surface area contributed by atoms with E-state index >= 15 is 0 Å². The van der Waals surface area contributed by atoms with E-state index in [4.69, 9.17) is 5.53 Å². The van der Waals surface area contributed by atoms with Gasteiger partial charge in [0.25, 0.3) is 0 Å². The van der Waals surface area contributed by atoms with Crippen LogP contribution in [0, 0.1) is 5.53 Å². The van der Waals surface area contributed by atoms with Crippen LogP contribution < -0.4 is 20.5 Å². The fourth-order valence-corrected chi connectivity index (χ4v) is 3.84. The highest BCUT2D eigenvalue weighted by Gasteiger charge is 2.26. The second kappa shape index (κ2) is 11.0. The molecule has 32 heavy (non-hydrogen) atoms. The number of rotatable bonds is 12. The second-order valence-electron chi connectivity index (χ2n) is 6.99. The normalized spacial score (nSPS) is 11.7. The first-order valence-electron chi connectivity index (χ1n) is 9.49. The fourth-order valence-electron chi connectivity index (χ4n) is 2.62. The Morgan fingerprint density at radius 2 is 1.59 bits per heavy atom. The lowest BCUT2D eigenvalue weighted by atomic mass is 10.1. The fraction of sp³-hybridized carbons (Fsp3) is 0.250. The van der Waals surface area contributed by atoms with Gasteiger partial charge in [-0.05, 0) is 55.0 Å². The summed E-state index contributed by atoms with van der Waals surface area (Å²) in [5, 5.41) is 9.27. The minimum Gasteiger partial charge on any atom is -0.480 e. The number of anilines is 3. The van der Waals surface area contributed by atoms with Gasteiger partial charge in [-0.2, -0.15) is 4.72 Å². The number of aliphatic carboxylic acids is 1. The average Bonchev–Trinajstić information content (AvgIpc) is 2.75. The molecule has 0 saturated carbocycles. The van der Waals surface area contributed by atoms with E-state index in [2.05, 4.69) is 20.4 Å². The topological polar surface area (TPSA) is 166 Å². The van der Waals surface area contributed by atoms with E-state index in [0.29, 0.717) is 5.69 Å². The van der Waals surface area contributed by atoms with Gasteiger partial charge in [0.05, 0.1) is 26.6 Å². The summed E-state index contributed by atoms with van der Waals surface area (Å²) in [5.74, 6) is -1.98. The third-order valence-electron chi connectivity index (χ3n) is 4.38. The molecule has 12 heteroatoms. The summed E-state index contributed by atoms with van der Waals surface area (Å²) in [7, 11) is -0.243. The largest absolute Gasteiger partial charge is 0.480 e. The zero-order valence-corrected chi connectivity index (χ0v) is 18.4. The van der Waals surface area contributed by atoms with Gasteiger partial charge in [0.2, 0.25) is 15.8 Å². The first kappa shape index (κ1) is 24.5. The van der Waals surface area contributed by atoms with E-state index in [1.54, 1.807) is 0 Å². The molecule has 0 saturated heterocycles. The third kappa shape index (κ3) is 7.20. The first-order valence-corrected chi connectivity index (χ1v) is 11.0. The predicted molar refractivity (Wildman–Crippen MR) is 119 cm³/mol. The van der Waals surface area contributed by atoms with Crippen molar-refractivity contribution in [2.24, 2.45) is 0 Å². The number of benzene rings is 2. The van der Waals surface area contributed by atoms with Crippen molar-refractivity contribution < 1.29 is 27.9 Å². The Hall–Kier alpha value is -3.73. The number of Topliss-reactive ketones (excluding diaryl/α,β-unsaturated/α-hetero) is 1. The highest BCUT2D eigenvalue weighted by atomic mass is 32.2. The number of ketones is 1. The van der Waals surface area contributed by atoms with Crippen LogP contribution in [0.2, 0.25) is 0 Å². The minimum atomic E-state index is -4.13. The quantitative estimate of drug-likeness (QED) is 0.137. The lowest BCUT2D eigenvalue weighted by Gasteiger charge is -2.15. The van der Waals surface area contributed by atoms with Crippen LogP contribution >= 0.6 is 0 Å². The van der Waals surface area contributed by atoms with Gasteiger partial charge in [0, 0.05) is 26.2 Å². The predicted octanol–water partition coefficient (Wildman–Crippen LogP) is 1.58. The number of carbonyl (C=O) groups is 2. The van der Waals surface area contributed by atoms with Crippen LogP contribution in [0.4, 0.5) is 17.1 Å². The summed E-state index contributed by atoms with van der Waals surface area (Å²) >= 11 is 0. The molecule has 0 amide bonds. The maximum Gasteiger partial charge on any atom is 0.372 e. The number of hydrogen-bond acceptors (Lipinski definition) is 8. The summed E-state index contributed by atoms with van der Waals surface area (Å²) in [5.41, 5.74) is 15.0. The van der Waals surface area contributed by atoms with Gasteiger partial charge < -0.3 is 20.9 Å². The van der Waals surface area contributed by atoms with Gasteiger partial charge in [-0.15, -0.1) is 0 Å². The highest BCUT2D eigenvalue weighted by Crippen LogP contribution is 2.18. The van der Waals surface area contributed by atoms with Crippen LogP contribution in [0.1, 0.15) is 12.8 Å². The Balaban J connectivity index is 2.00. The summed E-state index contributed by atoms with van der Waals surface area (Å²) in [6.07, 6.45) is 0.214. The molecule has 11 nitrogen and oxygen atoms in total. The molecule has 170 valence electrons. The number of carboxylic acids is 1. The van der Waals surface area contributed by atoms with Crippen LogP contribution in [0.5, 0.6) is 0 Å². The molecule has 1 atom stereocenters. The van der Waals surface area contributed by atoms with Crippen molar-refractivity contribution in [2.75, 3.05) is 29.8 Å². The Kier molecular flexibility index (Phi) is 8.47. The lowest BCUT2D eigenvalue weighted by molar-refractivity contribution is -0.139. The molecule has 0 heterocycles. The second-order valence-corrected chi connectivity index (χ2v) is 8.70. The molecule has 0 spiro atoms. The maximum atomic E-state index is 12.5. The monoisotopic (exact) mass is 461 g/mol. The van der Waals surface area contributed by atoms with Gasteiger partial charge in [0.1, 0.15) is 6.04 Å². The van der Waals surface area contributed by atoms with Gasteiger partial charge in [-0.3, -0.25) is 9.59 Å². The Labute approximate surface area is 185 Å². The molecule has 0 aliphatic carbocycles. The zero-order chi connectivity index (χ0) is 23.7. The van der Waals surface area contributed by atoms with Crippen LogP contribution in [0.3, 0.4) is 0 Å². The minimum absolute atomic E-state index is 0.122. The molecule has 1 unspecified atom stereocenters. The number of nitrogens with one attached hydrogen (secondary N) is 4. The molecule has 5 N–H and O–H groups in total. The third-order valence-corrected chi connectivity index (χ3v) is 5.87. The zero-order valence-electron chi connectivity index (χ0n) is 17.6. The van der Waals surface area contributed by atoms with Crippen LogP contribution in [-0.4, -0.2) is 56.4 Å². The van der Waals surface area contributed by atoms with Crippen LogP contribution in [-0.2, 0) is 19.6 Å². The Morgan fingerprint density at radius 1 is 1.06 bits per heavy atom. The molecule has 0 aliphatic rings. The summed E-state index contributed by atoms with van der Waals surface area (Å²) in [6, 6.07) is 11.9. The van der Waals surface area contributed by atoms with E-state index in [-0.39, 0.29) is 17.7 Å². The van der Waals surface area contributed by atoms with E-state index < -0.39 is 27.8 Å².